The fourth-order valence-electron chi connectivity index (χ4n) is 2.29. The van der Waals surface area contributed by atoms with Crippen molar-refractivity contribution >= 4 is 21.6 Å². The van der Waals surface area contributed by atoms with Crippen molar-refractivity contribution in [2.45, 2.75) is 25.9 Å². The number of benzene rings is 1. The molecule has 1 aliphatic heterocycles. The number of ether oxygens (including phenoxy) is 2. The monoisotopic (exact) mass is 334 g/mol. The molecule has 0 spiro atoms. The lowest BCUT2D eigenvalue weighted by Crippen LogP contribution is -2.24. The van der Waals surface area contributed by atoms with Gasteiger partial charge in [-0.15, -0.1) is 0 Å². The van der Waals surface area contributed by atoms with E-state index in [1.165, 1.54) is 0 Å². The molecular weight excluding hydrogens is 320 g/mol. The highest BCUT2D eigenvalue weighted by Crippen LogP contribution is 2.43. The number of aromatic nitrogens is 1. The second-order valence-corrected chi connectivity index (χ2v) is 6.29. The Morgan fingerprint density at radius 1 is 1.40 bits per heavy atom. The minimum atomic E-state index is -0.201. The Morgan fingerprint density at radius 3 is 2.95 bits per heavy atom. The van der Waals surface area contributed by atoms with E-state index < -0.39 is 0 Å². The van der Waals surface area contributed by atoms with Crippen molar-refractivity contribution in [3.05, 3.63) is 40.5 Å². The highest BCUT2D eigenvalue weighted by atomic mass is 79.9. The molecule has 0 radical (unpaired) electrons. The molecule has 5 heteroatoms. The van der Waals surface area contributed by atoms with Crippen LogP contribution >= 0.6 is 15.9 Å². The van der Waals surface area contributed by atoms with Crippen LogP contribution in [-0.4, -0.2) is 10.6 Å². The van der Waals surface area contributed by atoms with Crippen LogP contribution in [0, 0.1) is 0 Å². The van der Waals surface area contributed by atoms with Crippen LogP contribution in [0.1, 0.15) is 19.4 Å². The normalized spacial score (nSPS) is 15.6. The first-order valence-corrected chi connectivity index (χ1v) is 7.14. The van der Waals surface area contributed by atoms with E-state index in [-0.39, 0.29) is 5.60 Å². The Hall–Kier alpha value is -1.75. The third-order valence-electron chi connectivity index (χ3n) is 3.09. The molecule has 2 aromatic rings. The van der Waals surface area contributed by atoms with Crippen LogP contribution in [0.2, 0.25) is 0 Å². The number of hydrogen-bond acceptors (Lipinski definition) is 4. The van der Waals surface area contributed by atoms with Gasteiger partial charge >= 0.3 is 0 Å². The van der Waals surface area contributed by atoms with Gasteiger partial charge < -0.3 is 15.2 Å². The van der Waals surface area contributed by atoms with Crippen LogP contribution in [0.3, 0.4) is 0 Å². The number of rotatable bonds is 2. The first-order chi connectivity index (χ1) is 9.44. The maximum atomic E-state index is 5.97. The van der Waals surface area contributed by atoms with Crippen LogP contribution < -0.4 is 15.2 Å². The quantitative estimate of drug-likeness (QED) is 0.903. The van der Waals surface area contributed by atoms with Crippen LogP contribution in [0.15, 0.2) is 34.9 Å². The summed E-state index contributed by atoms with van der Waals surface area (Å²) in [7, 11) is 0. The third kappa shape index (κ3) is 2.45. The van der Waals surface area contributed by atoms with E-state index in [4.69, 9.17) is 15.2 Å². The molecule has 0 saturated heterocycles. The van der Waals surface area contributed by atoms with Gasteiger partial charge in [-0.25, -0.2) is 4.98 Å². The summed E-state index contributed by atoms with van der Waals surface area (Å²) in [6.07, 6.45) is 2.43. The second kappa shape index (κ2) is 4.66. The van der Waals surface area contributed by atoms with Gasteiger partial charge in [0.15, 0.2) is 11.5 Å². The summed E-state index contributed by atoms with van der Waals surface area (Å²) in [4.78, 5) is 4.19. The van der Waals surface area contributed by atoms with E-state index in [2.05, 4.69) is 40.8 Å². The topological polar surface area (TPSA) is 57.4 Å². The molecule has 0 unspecified atom stereocenters. The fourth-order valence-corrected chi connectivity index (χ4v) is 2.73. The maximum Gasteiger partial charge on any atom is 0.233 e. The second-order valence-electron chi connectivity index (χ2n) is 5.44. The van der Waals surface area contributed by atoms with Gasteiger partial charge in [0, 0.05) is 12.0 Å². The summed E-state index contributed by atoms with van der Waals surface area (Å²) >= 11 is 3.40. The lowest BCUT2D eigenvalue weighted by molar-refractivity contribution is 0.135. The lowest BCUT2D eigenvalue weighted by Gasteiger charge is -2.18. The standard InChI is InChI=1S/C15H15BrN2O2/c1-15(2)7-9-4-3-5-12(13(9)20-15)19-14-11(16)6-10(17)8-18-14/h3-6,8H,7,17H2,1-2H3. The molecule has 2 N–H and O–H groups in total. The molecule has 0 atom stereocenters. The summed E-state index contributed by atoms with van der Waals surface area (Å²) in [6, 6.07) is 7.66. The molecule has 3 rings (SSSR count). The Morgan fingerprint density at radius 2 is 2.20 bits per heavy atom. The molecule has 1 aromatic heterocycles. The van der Waals surface area contributed by atoms with E-state index in [0.717, 1.165) is 17.7 Å². The van der Waals surface area contributed by atoms with Gasteiger partial charge in [0.1, 0.15) is 5.60 Å². The Labute approximate surface area is 126 Å². The van der Waals surface area contributed by atoms with Crippen molar-refractivity contribution in [1.82, 2.24) is 4.98 Å². The zero-order valence-electron chi connectivity index (χ0n) is 11.3. The number of nitrogen functional groups attached to an aromatic ring is 1. The van der Waals surface area contributed by atoms with Crippen molar-refractivity contribution < 1.29 is 9.47 Å². The minimum absolute atomic E-state index is 0.201. The lowest BCUT2D eigenvalue weighted by atomic mass is 10.0. The zero-order valence-corrected chi connectivity index (χ0v) is 12.9. The number of nitrogens with two attached hydrogens (primary N) is 1. The summed E-state index contributed by atoms with van der Waals surface area (Å²) in [5.74, 6) is 1.94. The van der Waals surface area contributed by atoms with Gasteiger partial charge in [0.25, 0.3) is 0 Å². The summed E-state index contributed by atoms with van der Waals surface area (Å²) in [5, 5.41) is 0. The molecule has 104 valence electrons. The highest BCUT2D eigenvalue weighted by Gasteiger charge is 2.32. The molecule has 4 nitrogen and oxygen atoms in total. The van der Waals surface area contributed by atoms with Gasteiger partial charge in [-0.05, 0) is 41.9 Å². The Bertz CT molecular complexity index is 671. The molecule has 0 saturated carbocycles. The largest absolute Gasteiger partial charge is 0.483 e. The van der Waals surface area contributed by atoms with Crippen molar-refractivity contribution in [3.8, 4) is 17.4 Å². The predicted octanol–water partition coefficient (Wildman–Crippen LogP) is 3.93. The van der Waals surface area contributed by atoms with Gasteiger partial charge in [-0.3, -0.25) is 0 Å². The van der Waals surface area contributed by atoms with Gasteiger partial charge in [0.05, 0.1) is 16.4 Å². The summed E-state index contributed by atoms with van der Waals surface area (Å²) < 4.78 is 12.5. The Balaban J connectivity index is 1.95. The average molecular weight is 335 g/mol. The van der Waals surface area contributed by atoms with Crippen molar-refractivity contribution in [3.63, 3.8) is 0 Å². The molecule has 2 heterocycles. The van der Waals surface area contributed by atoms with E-state index >= 15 is 0 Å². The molecular formula is C15H15BrN2O2. The van der Waals surface area contributed by atoms with E-state index in [1.54, 1.807) is 12.3 Å². The number of fused-ring (bicyclic) bond motifs is 1. The zero-order chi connectivity index (χ0) is 14.3. The van der Waals surface area contributed by atoms with Crippen LogP contribution in [-0.2, 0) is 6.42 Å². The van der Waals surface area contributed by atoms with Crippen molar-refractivity contribution in [2.75, 3.05) is 5.73 Å². The predicted molar refractivity (Wildman–Crippen MR) is 81.3 cm³/mol. The SMILES string of the molecule is CC1(C)Cc2cccc(Oc3ncc(N)cc3Br)c2O1. The molecule has 1 aromatic carbocycles. The first kappa shape index (κ1) is 13.2. The fraction of sp³-hybridized carbons (Fsp3) is 0.267. The van der Waals surface area contributed by atoms with Crippen LogP contribution in [0.4, 0.5) is 5.69 Å². The summed E-state index contributed by atoms with van der Waals surface area (Å²) in [6.45, 7) is 4.13. The van der Waals surface area contributed by atoms with E-state index in [0.29, 0.717) is 21.8 Å². The average Bonchev–Trinajstić information content (AvgIpc) is 2.67. The van der Waals surface area contributed by atoms with Crippen molar-refractivity contribution in [1.29, 1.82) is 0 Å². The van der Waals surface area contributed by atoms with Gasteiger partial charge in [0.2, 0.25) is 5.88 Å². The van der Waals surface area contributed by atoms with Gasteiger partial charge in [-0.1, -0.05) is 12.1 Å². The Kier molecular flexibility index (Phi) is 3.09. The summed E-state index contributed by atoms with van der Waals surface area (Å²) in [5.41, 5.74) is 7.21. The van der Waals surface area contributed by atoms with E-state index in [1.807, 2.05) is 12.1 Å². The number of halogens is 1. The molecule has 0 amide bonds. The molecule has 0 bridgehead atoms. The molecule has 0 fully saturated rings. The van der Waals surface area contributed by atoms with Crippen LogP contribution in [0.25, 0.3) is 0 Å². The molecule has 0 aliphatic carbocycles. The number of para-hydroxylation sites is 1. The third-order valence-corrected chi connectivity index (χ3v) is 3.66. The van der Waals surface area contributed by atoms with Crippen molar-refractivity contribution in [2.24, 2.45) is 0 Å². The van der Waals surface area contributed by atoms with E-state index in [9.17, 15) is 0 Å². The first-order valence-electron chi connectivity index (χ1n) is 6.34. The molecule has 1 aliphatic rings. The van der Waals surface area contributed by atoms with Crippen LogP contribution in [0.5, 0.6) is 17.4 Å². The number of nitrogens with zero attached hydrogens (tertiary/aromatic N) is 1. The van der Waals surface area contributed by atoms with Gasteiger partial charge in [-0.2, -0.15) is 0 Å². The minimum Gasteiger partial charge on any atom is -0.483 e. The number of hydrogen-bond donors (Lipinski definition) is 1. The molecule has 20 heavy (non-hydrogen) atoms. The maximum absolute atomic E-state index is 5.97. The number of anilines is 1. The smallest absolute Gasteiger partial charge is 0.233 e. The number of pyridine rings is 1. The highest BCUT2D eigenvalue weighted by molar-refractivity contribution is 9.10.